The second-order valence-electron chi connectivity index (χ2n) is 9.72. The largest absolute Gasteiger partial charge is 0.357 e. The molecule has 30 heavy (non-hydrogen) atoms. The summed E-state index contributed by atoms with van der Waals surface area (Å²) in [6, 6.07) is 10.5. The molecular weight excluding hydrogens is 407 g/mol. The first-order valence-electron chi connectivity index (χ1n) is 11.9. The highest BCUT2D eigenvalue weighted by Crippen LogP contribution is 2.66. The Hall–Kier alpha value is -0.740. The van der Waals surface area contributed by atoms with Crippen molar-refractivity contribution in [1.82, 2.24) is 14.7 Å². The molecule has 2 aliphatic heterocycles. The van der Waals surface area contributed by atoms with Crippen molar-refractivity contribution in [2.75, 3.05) is 26.2 Å². The molecule has 0 unspecified atom stereocenters. The zero-order chi connectivity index (χ0) is 21.5. The lowest BCUT2D eigenvalue weighted by molar-refractivity contribution is 0.368. The molecule has 0 spiro atoms. The fourth-order valence-electron chi connectivity index (χ4n) is 4.91. The van der Waals surface area contributed by atoms with Crippen LogP contribution in [0.25, 0.3) is 0 Å². The summed E-state index contributed by atoms with van der Waals surface area (Å²) in [5, 5.41) is 4.23. The van der Waals surface area contributed by atoms with Gasteiger partial charge < -0.3 is 5.32 Å². The van der Waals surface area contributed by atoms with Gasteiger partial charge in [-0.3, -0.25) is 9.34 Å². The van der Waals surface area contributed by atoms with Gasteiger partial charge in [0.25, 0.3) is 0 Å². The van der Waals surface area contributed by atoms with E-state index in [1.807, 2.05) is 0 Å². The van der Waals surface area contributed by atoms with E-state index >= 15 is 0 Å². The van der Waals surface area contributed by atoms with Crippen molar-refractivity contribution in [1.29, 1.82) is 0 Å². The molecule has 1 aromatic carbocycles. The molecule has 0 aromatic heterocycles. The van der Waals surface area contributed by atoms with Crippen LogP contribution < -0.4 is 5.32 Å². The maximum atomic E-state index is 5.87. The van der Waals surface area contributed by atoms with Crippen molar-refractivity contribution < 1.29 is 0 Å². The van der Waals surface area contributed by atoms with Gasteiger partial charge in [0.15, 0.2) is 5.11 Å². The Morgan fingerprint density at radius 2 is 1.33 bits per heavy atom. The van der Waals surface area contributed by atoms with Gasteiger partial charge in [-0.1, -0.05) is 76.8 Å². The van der Waals surface area contributed by atoms with Gasteiger partial charge >= 0.3 is 0 Å². The molecule has 2 saturated heterocycles. The Kier molecular flexibility index (Phi) is 8.94. The standard InChI is InChI=1S/C24H41N4PS/c1-24(2,3)29(27-17-11-4-5-12-18-27,28-19-13-6-7-14-20-28)26-23(30)25-21-22-15-9-8-10-16-22/h8-10,15-16H,4-7,11-14,17-21H2,1-3H3,(H,25,30). The summed E-state index contributed by atoms with van der Waals surface area (Å²) in [6.07, 6.45) is 10.5. The predicted molar refractivity (Wildman–Crippen MR) is 135 cm³/mol. The molecule has 3 rings (SSSR count). The Morgan fingerprint density at radius 3 is 1.77 bits per heavy atom. The van der Waals surface area contributed by atoms with Crippen LogP contribution in [0.2, 0.25) is 0 Å². The van der Waals surface area contributed by atoms with Gasteiger partial charge in [0.2, 0.25) is 0 Å². The molecule has 0 bridgehead atoms. The molecular formula is C24H41N4PS. The molecule has 0 atom stereocenters. The maximum absolute atomic E-state index is 5.87. The third-order valence-corrected chi connectivity index (χ3v) is 11.4. The highest BCUT2D eigenvalue weighted by Gasteiger charge is 2.44. The summed E-state index contributed by atoms with van der Waals surface area (Å²) in [7, 11) is -1.98. The number of rotatable bonds is 4. The van der Waals surface area contributed by atoms with E-state index in [-0.39, 0.29) is 5.16 Å². The Bertz CT molecular complexity index is 688. The van der Waals surface area contributed by atoms with Gasteiger partial charge in [-0.2, -0.15) is 0 Å². The first-order valence-corrected chi connectivity index (χ1v) is 13.9. The molecule has 0 saturated carbocycles. The zero-order valence-corrected chi connectivity index (χ0v) is 21.0. The van der Waals surface area contributed by atoms with Crippen LogP contribution >= 0.6 is 19.6 Å². The monoisotopic (exact) mass is 448 g/mol. The van der Waals surface area contributed by atoms with Crippen molar-refractivity contribution in [3.05, 3.63) is 35.9 Å². The Balaban J connectivity index is 1.96. The van der Waals surface area contributed by atoms with Crippen LogP contribution in [0.4, 0.5) is 0 Å². The molecule has 6 heteroatoms. The maximum Gasteiger partial charge on any atom is 0.194 e. The average molecular weight is 449 g/mol. The lowest BCUT2D eigenvalue weighted by Gasteiger charge is -2.50. The molecule has 0 radical (unpaired) electrons. The van der Waals surface area contributed by atoms with Gasteiger partial charge in [-0.15, -0.1) is 0 Å². The van der Waals surface area contributed by atoms with E-state index in [9.17, 15) is 0 Å². The minimum atomic E-state index is -1.98. The number of hydrogen-bond donors (Lipinski definition) is 1. The summed E-state index contributed by atoms with van der Waals surface area (Å²) in [5.74, 6) is 0. The first kappa shape index (κ1) is 23.9. The van der Waals surface area contributed by atoms with E-state index in [1.54, 1.807) is 0 Å². The third-order valence-electron chi connectivity index (χ3n) is 6.37. The van der Waals surface area contributed by atoms with Crippen LogP contribution in [0.3, 0.4) is 0 Å². The van der Waals surface area contributed by atoms with Crippen LogP contribution in [0.15, 0.2) is 35.1 Å². The number of nitrogens with one attached hydrogen (secondary N) is 1. The van der Waals surface area contributed by atoms with Crippen molar-refractivity contribution in [3.8, 4) is 0 Å². The third kappa shape index (κ3) is 5.94. The van der Waals surface area contributed by atoms with Crippen LogP contribution in [0.1, 0.15) is 77.7 Å². The van der Waals surface area contributed by atoms with Crippen molar-refractivity contribution >= 4 is 24.7 Å². The Morgan fingerprint density at radius 1 is 0.867 bits per heavy atom. The van der Waals surface area contributed by atoms with Crippen LogP contribution in [0.5, 0.6) is 0 Å². The average Bonchev–Trinajstić information content (AvgIpc) is 3.16. The number of nitrogens with zero attached hydrogens (tertiary/aromatic N) is 3. The van der Waals surface area contributed by atoms with E-state index in [0.717, 1.165) is 32.7 Å². The minimum absolute atomic E-state index is 0.0696. The zero-order valence-electron chi connectivity index (χ0n) is 19.3. The van der Waals surface area contributed by atoms with Crippen molar-refractivity contribution in [3.63, 3.8) is 0 Å². The van der Waals surface area contributed by atoms with E-state index in [0.29, 0.717) is 5.11 Å². The summed E-state index contributed by atoms with van der Waals surface area (Å²) in [4.78, 5) is 0. The fraction of sp³-hybridized carbons (Fsp3) is 0.708. The lowest BCUT2D eigenvalue weighted by Crippen LogP contribution is -2.42. The van der Waals surface area contributed by atoms with Gasteiger partial charge in [0.1, 0.15) is 7.36 Å². The normalized spacial score (nSPS) is 20.2. The van der Waals surface area contributed by atoms with E-state index in [1.165, 1.54) is 56.9 Å². The fourth-order valence-corrected chi connectivity index (χ4v) is 9.93. The van der Waals surface area contributed by atoms with Crippen LogP contribution in [0, 0.1) is 0 Å². The van der Waals surface area contributed by atoms with Crippen LogP contribution in [-0.2, 0) is 6.54 Å². The highest BCUT2D eigenvalue weighted by atomic mass is 32.1. The van der Waals surface area contributed by atoms with Crippen molar-refractivity contribution in [2.45, 2.75) is 83.8 Å². The van der Waals surface area contributed by atoms with Crippen molar-refractivity contribution in [2.24, 2.45) is 4.74 Å². The molecule has 2 heterocycles. The summed E-state index contributed by atoms with van der Waals surface area (Å²) >= 11 is 5.87. The molecule has 4 nitrogen and oxygen atoms in total. The van der Waals surface area contributed by atoms with Crippen LogP contribution in [-0.4, -0.2) is 45.8 Å². The second-order valence-corrected chi connectivity index (χ2v) is 13.9. The lowest BCUT2D eigenvalue weighted by atomic mass is 10.2. The molecule has 2 aliphatic rings. The summed E-state index contributed by atoms with van der Waals surface area (Å²) in [5.41, 5.74) is 1.25. The SMILES string of the molecule is CC(C)(C)P(=NC(=S)NCc1ccccc1)(N1CCCCCC1)N1CCCCCC1. The first-order chi connectivity index (χ1) is 14.4. The summed E-state index contributed by atoms with van der Waals surface area (Å²) < 4.78 is 11.1. The van der Waals surface area contributed by atoms with E-state index < -0.39 is 7.36 Å². The number of thiocarbonyl (C=S) groups is 1. The molecule has 168 valence electrons. The molecule has 1 aromatic rings. The number of benzene rings is 1. The van der Waals surface area contributed by atoms with E-state index in [2.05, 4.69) is 65.8 Å². The smallest absolute Gasteiger partial charge is 0.194 e. The second kappa shape index (κ2) is 11.2. The minimum Gasteiger partial charge on any atom is -0.357 e. The van der Waals surface area contributed by atoms with Gasteiger partial charge in [-0.25, -0.2) is 4.74 Å². The topological polar surface area (TPSA) is 30.9 Å². The Labute approximate surface area is 190 Å². The summed E-state index contributed by atoms with van der Waals surface area (Å²) in [6.45, 7) is 12.6. The molecule has 1 N–H and O–H groups in total. The highest BCUT2D eigenvalue weighted by molar-refractivity contribution is 7.81. The van der Waals surface area contributed by atoms with Gasteiger partial charge in [-0.05, 0) is 43.5 Å². The quantitative estimate of drug-likeness (QED) is 0.413. The number of hydrogen-bond acceptors (Lipinski definition) is 1. The van der Waals surface area contributed by atoms with E-state index in [4.69, 9.17) is 17.0 Å². The van der Waals surface area contributed by atoms with Gasteiger partial charge in [0.05, 0.1) is 0 Å². The molecule has 0 aliphatic carbocycles. The van der Waals surface area contributed by atoms with Gasteiger partial charge in [0, 0.05) is 37.9 Å². The predicted octanol–water partition coefficient (Wildman–Crippen LogP) is 6.64. The molecule has 2 fully saturated rings. The molecule has 0 amide bonds.